The Kier molecular flexibility index (Phi) is 3.75. The maximum Gasteiger partial charge on any atom is 0.167 e. The van der Waals surface area contributed by atoms with Gasteiger partial charge in [0, 0.05) is 36.7 Å². The van der Waals surface area contributed by atoms with Gasteiger partial charge in [0.25, 0.3) is 0 Å². The number of nitrogens with two attached hydrogens (primary N) is 1. The fourth-order valence-corrected chi connectivity index (χ4v) is 2.09. The first-order valence-electron chi connectivity index (χ1n) is 6.93. The van der Waals surface area contributed by atoms with E-state index in [1.54, 1.807) is 6.07 Å². The van der Waals surface area contributed by atoms with Crippen LogP contribution in [0.5, 0.6) is 11.5 Å². The van der Waals surface area contributed by atoms with Gasteiger partial charge in [-0.2, -0.15) is 0 Å². The zero-order valence-corrected chi connectivity index (χ0v) is 11.7. The molecule has 0 saturated heterocycles. The van der Waals surface area contributed by atoms with E-state index in [0.717, 1.165) is 25.0 Å². The smallest absolute Gasteiger partial charge is 0.167 e. The van der Waals surface area contributed by atoms with Crippen LogP contribution in [0.25, 0.3) is 0 Å². The fraction of sp³-hybridized carbons (Fsp3) is 0.250. The minimum absolute atomic E-state index is 0.148. The number of anilines is 1. The highest BCUT2D eigenvalue weighted by Gasteiger charge is 2.29. The number of pyridine rings is 1. The Morgan fingerprint density at radius 1 is 1.27 bits per heavy atom. The van der Waals surface area contributed by atoms with Crippen LogP contribution in [0, 0.1) is 17.6 Å². The largest absolute Gasteiger partial charge is 0.454 e. The lowest BCUT2D eigenvalue weighted by molar-refractivity contribution is -0.119. The number of hydrogen-bond donors (Lipinski definition) is 1. The van der Waals surface area contributed by atoms with Crippen molar-refractivity contribution in [3.8, 4) is 11.5 Å². The van der Waals surface area contributed by atoms with E-state index in [1.807, 2.05) is 0 Å². The van der Waals surface area contributed by atoms with E-state index in [1.165, 1.54) is 12.3 Å². The number of benzene rings is 1. The van der Waals surface area contributed by atoms with Crippen molar-refractivity contribution < 1.29 is 18.3 Å². The molecule has 0 radical (unpaired) electrons. The van der Waals surface area contributed by atoms with Crippen LogP contribution >= 0.6 is 0 Å². The third-order valence-corrected chi connectivity index (χ3v) is 3.46. The van der Waals surface area contributed by atoms with Crippen LogP contribution in [0.4, 0.5) is 14.5 Å². The van der Waals surface area contributed by atoms with Crippen molar-refractivity contribution in [2.24, 2.45) is 5.92 Å². The fourth-order valence-electron chi connectivity index (χ4n) is 2.09. The van der Waals surface area contributed by atoms with Gasteiger partial charge in [-0.05, 0) is 18.9 Å². The molecular formula is C16H14F2N2O2. The number of aromatic nitrogens is 1. The number of nitrogens with zero attached hydrogens (tertiary/aromatic N) is 1. The van der Waals surface area contributed by atoms with Gasteiger partial charge in [0.05, 0.1) is 11.4 Å². The predicted octanol–water partition coefficient (Wildman–Crippen LogP) is 3.26. The van der Waals surface area contributed by atoms with Crippen LogP contribution in [-0.4, -0.2) is 10.8 Å². The molecule has 0 unspecified atom stereocenters. The van der Waals surface area contributed by atoms with E-state index < -0.39 is 11.6 Å². The summed E-state index contributed by atoms with van der Waals surface area (Å²) in [6.07, 6.45) is 3.56. The summed E-state index contributed by atoms with van der Waals surface area (Å²) in [7, 11) is 0. The topological polar surface area (TPSA) is 65.2 Å². The van der Waals surface area contributed by atoms with Gasteiger partial charge in [-0.15, -0.1) is 0 Å². The zero-order valence-electron chi connectivity index (χ0n) is 11.7. The summed E-state index contributed by atoms with van der Waals surface area (Å²) < 4.78 is 32.4. The molecule has 0 amide bonds. The van der Waals surface area contributed by atoms with Gasteiger partial charge in [0.15, 0.2) is 11.6 Å². The van der Waals surface area contributed by atoms with Gasteiger partial charge in [-0.25, -0.2) is 8.78 Å². The number of carbonyl (C=O) groups excluding carboxylic acids is 1. The van der Waals surface area contributed by atoms with Crippen molar-refractivity contribution in [3.63, 3.8) is 0 Å². The zero-order chi connectivity index (χ0) is 15.7. The summed E-state index contributed by atoms with van der Waals surface area (Å²) in [5, 5.41) is 0. The summed E-state index contributed by atoms with van der Waals surface area (Å²) in [5.74, 6) is -1.20. The first-order valence-corrected chi connectivity index (χ1v) is 6.93. The highest BCUT2D eigenvalue weighted by molar-refractivity contribution is 5.84. The Labute approximate surface area is 125 Å². The summed E-state index contributed by atoms with van der Waals surface area (Å²) >= 11 is 0. The average Bonchev–Trinajstić information content (AvgIpc) is 3.30. The lowest BCUT2D eigenvalue weighted by Gasteiger charge is -2.09. The second-order valence-electron chi connectivity index (χ2n) is 5.31. The molecule has 1 aromatic heterocycles. The lowest BCUT2D eigenvalue weighted by atomic mass is 10.1. The molecule has 0 bridgehead atoms. The van der Waals surface area contributed by atoms with E-state index in [4.69, 9.17) is 10.5 Å². The van der Waals surface area contributed by atoms with Gasteiger partial charge in [-0.1, -0.05) is 0 Å². The van der Waals surface area contributed by atoms with E-state index in [0.29, 0.717) is 5.69 Å². The highest BCUT2D eigenvalue weighted by Crippen LogP contribution is 2.31. The number of Topliss-reactive ketones (excluding diaryl/α,β-unsaturated/α-hetero) is 1. The quantitative estimate of drug-likeness (QED) is 0.861. The summed E-state index contributed by atoms with van der Waals surface area (Å²) in [4.78, 5) is 15.9. The van der Waals surface area contributed by atoms with E-state index >= 15 is 0 Å². The number of halogens is 2. The van der Waals surface area contributed by atoms with Gasteiger partial charge in [-0.3, -0.25) is 9.78 Å². The SMILES string of the molecule is Nc1cc(F)c(Oc2ccnc(CC(=O)C3CC3)c2)cc1F. The normalized spacial score (nSPS) is 13.9. The molecule has 2 aromatic rings. The standard InChI is InChI=1S/C16H14F2N2O2/c17-12-8-16(13(18)7-14(12)19)22-11-3-4-20-10(5-11)6-15(21)9-1-2-9/h3-5,7-9H,1-2,6,19H2. The van der Waals surface area contributed by atoms with Crippen LogP contribution < -0.4 is 10.5 Å². The molecule has 0 aliphatic heterocycles. The minimum Gasteiger partial charge on any atom is -0.454 e. The third-order valence-electron chi connectivity index (χ3n) is 3.46. The summed E-state index contributed by atoms with van der Waals surface area (Å²) in [6, 6.07) is 4.82. The molecule has 0 spiro atoms. The molecule has 1 aliphatic rings. The Morgan fingerprint density at radius 3 is 2.77 bits per heavy atom. The molecule has 4 nitrogen and oxygen atoms in total. The van der Waals surface area contributed by atoms with Gasteiger partial charge in [0.1, 0.15) is 17.3 Å². The molecule has 6 heteroatoms. The Morgan fingerprint density at radius 2 is 2.05 bits per heavy atom. The molecule has 2 N–H and O–H groups in total. The van der Waals surface area contributed by atoms with Crippen LogP contribution in [0.15, 0.2) is 30.5 Å². The van der Waals surface area contributed by atoms with Crippen molar-refractivity contribution in [3.05, 3.63) is 47.8 Å². The Balaban J connectivity index is 1.77. The number of ketones is 1. The predicted molar refractivity (Wildman–Crippen MR) is 76.5 cm³/mol. The second-order valence-corrected chi connectivity index (χ2v) is 5.31. The first-order chi connectivity index (χ1) is 10.5. The van der Waals surface area contributed by atoms with Gasteiger partial charge >= 0.3 is 0 Å². The maximum absolute atomic E-state index is 13.7. The Bertz CT molecular complexity index is 730. The molecule has 1 aromatic carbocycles. The third kappa shape index (κ3) is 3.21. The Hall–Kier alpha value is -2.50. The van der Waals surface area contributed by atoms with E-state index in [2.05, 4.69) is 4.98 Å². The van der Waals surface area contributed by atoms with Gasteiger partial charge < -0.3 is 10.5 Å². The molecule has 22 heavy (non-hydrogen) atoms. The molecule has 1 heterocycles. The summed E-state index contributed by atoms with van der Waals surface area (Å²) in [5.41, 5.74) is 5.54. The molecule has 114 valence electrons. The summed E-state index contributed by atoms with van der Waals surface area (Å²) in [6.45, 7) is 0. The number of carbonyl (C=O) groups is 1. The van der Waals surface area contributed by atoms with Crippen molar-refractivity contribution in [1.82, 2.24) is 4.98 Å². The monoisotopic (exact) mass is 304 g/mol. The van der Waals surface area contributed by atoms with E-state index in [-0.39, 0.29) is 35.3 Å². The second kappa shape index (κ2) is 5.71. The average molecular weight is 304 g/mol. The molecule has 3 rings (SSSR count). The number of hydrogen-bond acceptors (Lipinski definition) is 4. The molecule has 0 atom stereocenters. The van der Waals surface area contributed by atoms with Crippen molar-refractivity contribution in [2.75, 3.05) is 5.73 Å². The highest BCUT2D eigenvalue weighted by atomic mass is 19.1. The maximum atomic E-state index is 13.7. The number of nitrogen functional groups attached to an aromatic ring is 1. The number of ether oxygens (including phenoxy) is 1. The minimum atomic E-state index is -0.758. The first kappa shape index (κ1) is 14.4. The van der Waals surface area contributed by atoms with Crippen LogP contribution in [0.3, 0.4) is 0 Å². The van der Waals surface area contributed by atoms with Crippen molar-refractivity contribution in [1.29, 1.82) is 0 Å². The van der Waals surface area contributed by atoms with Crippen molar-refractivity contribution >= 4 is 11.5 Å². The van der Waals surface area contributed by atoms with Crippen LogP contribution in [-0.2, 0) is 11.2 Å². The van der Waals surface area contributed by atoms with Crippen LogP contribution in [0.2, 0.25) is 0 Å². The van der Waals surface area contributed by atoms with Crippen molar-refractivity contribution in [2.45, 2.75) is 19.3 Å². The molecule has 1 aliphatic carbocycles. The van der Waals surface area contributed by atoms with Crippen LogP contribution in [0.1, 0.15) is 18.5 Å². The molecular weight excluding hydrogens is 290 g/mol. The molecule has 1 saturated carbocycles. The number of rotatable bonds is 5. The molecule has 1 fully saturated rings. The van der Waals surface area contributed by atoms with Gasteiger partial charge in [0.2, 0.25) is 0 Å². The van der Waals surface area contributed by atoms with E-state index in [9.17, 15) is 13.6 Å². The lowest BCUT2D eigenvalue weighted by Crippen LogP contribution is -2.06.